The van der Waals surface area contributed by atoms with Gasteiger partial charge in [-0.1, -0.05) is 12.1 Å². The number of aromatic nitrogens is 8. The Labute approximate surface area is 347 Å². The second-order valence-electron chi connectivity index (χ2n) is 17.6. The fraction of sp³-hybridized carbons (Fsp3) is 0.511. The molecule has 0 unspecified atom stereocenters. The van der Waals surface area contributed by atoms with Gasteiger partial charge >= 0.3 is 0 Å². The third kappa shape index (κ3) is 8.48. The van der Waals surface area contributed by atoms with Gasteiger partial charge in [0.1, 0.15) is 0 Å². The maximum atomic E-state index is 4.98. The van der Waals surface area contributed by atoms with Crippen molar-refractivity contribution in [2.45, 2.75) is 70.0 Å². The molecule has 14 nitrogen and oxygen atoms in total. The number of nitrogens with one attached hydrogen (secondary N) is 2. The molecule has 308 valence electrons. The van der Waals surface area contributed by atoms with E-state index in [1.165, 1.54) is 36.9 Å². The van der Waals surface area contributed by atoms with Crippen LogP contribution in [0.5, 0.6) is 0 Å². The highest BCUT2D eigenvalue weighted by atomic mass is 15.3. The third-order valence-corrected chi connectivity index (χ3v) is 13.7. The van der Waals surface area contributed by atoms with Crippen molar-refractivity contribution in [1.29, 1.82) is 0 Å². The highest BCUT2D eigenvalue weighted by Crippen LogP contribution is 2.44. The quantitative estimate of drug-likeness (QED) is 0.147. The van der Waals surface area contributed by atoms with Crippen LogP contribution in [-0.2, 0) is 6.54 Å². The monoisotopic (exact) mass is 794 g/mol. The van der Waals surface area contributed by atoms with Crippen LogP contribution in [-0.4, -0.2) is 121 Å². The zero-order valence-electron chi connectivity index (χ0n) is 34.6. The van der Waals surface area contributed by atoms with Crippen LogP contribution in [0.4, 0.5) is 29.0 Å². The summed E-state index contributed by atoms with van der Waals surface area (Å²) in [6.07, 6.45) is 17.1. The maximum absolute atomic E-state index is 4.98. The number of benzene rings is 2. The summed E-state index contributed by atoms with van der Waals surface area (Å²) >= 11 is 0. The van der Waals surface area contributed by atoms with Crippen molar-refractivity contribution in [3.05, 3.63) is 78.9 Å². The Bertz CT molecular complexity index is 2310. The Kier molecular flexibility index (Phi) is 10.8. The lowest BCUT2D eigenvalue weighted by molar-refractivity contribution is 0.145. The van der Waals surface area contributed by atoms with Crippen molar-refractivity contribution in [2.75, 3.05) is 82.0 Å². The number of likely N-dealkylation sites (N-methyl/N-ethyl adjacent to an activating group) is 2. The molecule has 4 aliphatic rings. The molecule has 59 heavy (non-hydrogen) atoms. The number of hydrogen-bond donors (Lipinski definition) is 2. The van der Waals surface area contributed by atoms with E-state index in [9.17, 15) is 0 Å². The molecule has 2 aliphatic heterocycles. The van der Waals surface area contributed by atoms with E-state index in [2.05, 4.69) is 112 Å². The first-order chi connectivity index (χ1) is 29.0. The molecule has 6 heterocycles. The van der Waals surface area contributed by atoms with E-state index >= 15 is 0 Å². The molecule has 2 aromatic carbocycles. The molecule has 4 aromatic heterocycles. The summed E-state index contributed by atoms with van der Waals surface area (Å²) in [5.74, 6) is 2.75. The van der Waals surface area contributed by atoms with Crippen LogP contribution in [0, 0.1) is 11.8 Å². The average molecular weight is 795 g/mol. The lowest BCUT2D eigenvalue weighted by atomic mass is 9.71. The summed E-state index contributed by atoms with van der Waals surface area (Å²) in [6, 6.07) is 18.1. The van der Waals surface area contributed by atoms with Gasteiger partial charge in [-0.25, -0.2) is 19.3 Å². The van der Waals surface area contributed by atoms with Gasteiger partial charge in [0.25, 0.3) is 0 Å². The van der Waals surface area contributed by atoms with Gasteiger partial charge in [-0.2, -0.15) is 20.2 Å². The minimum absolute atomic E-state index is 0.364. The third-order valence-electron chi connectivity index (χ3n) is 13.7. The fourth-order valence-electron chi connectivity index (χ4n) is 10.00. The standard InChI is InChI=1S/C45H58N14/c1-54-19-23-56(24-20-54)31-32-3-9-37(10-4-32)50-44-46-27-35-29-48-58(42(35)52-44)40-13-5-33(6-14-40)34-7-15-41(16-8-34)59-43-36(30-49-59)28-47-45(53-43)51-38-11-17-39(18-12-38)57-25-21-55(2)22-26-57/h3-4,9-12,17-18,27-30,33-34,40-41H,5-8,13-16,19-26,31H2,1-2H3,(H,46,50,52)(H,47,51,53). The molecule has 2 N–H and O–H groups in total. The summed E-state index contributed by atoms with van der Waals surface area (Å²) < 4.78 is 4.34. The lowest BCUT2D eigenvalue weighted by Crippen LogP contribution is -2.44. The molecule has 10 rings (SSSR count). The molecular formula is C45H58N14. The van der Waals surface area contributed by atoms with Crippen LogP contribution in [0.1, 0.15) is 69.0 Å². The van der Waals surface area contributed by atoms with Gasteiger partial charge in [0.2, 0.25) is 11.9 Å². The molecular weight excluding hydrogens is 737 g/mol. The SMILES string of the molecule is CN1CCN(Cc2ccc(Nc3ncc4cnn(C5CCC(C6CCC(n7ncc8cnc(Nc9ccc(N%10CCN(C)CC%10)cc9)nc87)CC6)CC5)c4n3)cc2)CC1. The Morgan fingerprint density at radius 2 is 0.983 bits per heavy atom. The van der Waals surface area contributed by atoms with E-state index in [1.54, 1.807) is 0 Å². The lowest BCUT2D eigenvalue weighted by Gasteiger charge is -2.38. The summed E-state index contributed by atoms with van der Waals surface area (Å²) in [6.45, 7) is 9.82. The van der Waals surface area contributed by atoms with Crippen LogP contribution in [0.2, 0.25) is 0 Å². The van der Waals surface area contributed by atoms with Gasteiger partial charge < -0.3 is 25.3 Å². The van der Waals surface area contributed by atoms with E-state index in [0.717, 1.165) is 130 Å². The highest BCUT2D eigenvalue weighted by molar-refractivity contribution is 5.76. The first-order valence-corrected chi connectivity index (χ1v) is 22.0. The smallest absolute Gasteiger partial charge is 0.229 e. The molecule has 0 atom stereocenters. The normalized spacial score (nSPS) is 23.9. The molecule has 6 aromatic rings. The fourth-order valence-corrected chi connectivity index (χ4v) is 10.00. The Morgan fingerprint density at radius 3 is 1.47 bits per heavy atom. The van der Waals surface area contributed by atoms with E-state index < -0.39 is 0 Å². The second-order valence-corrected chi connectivity index (χ2v) is 17.6. The molecule has 0 radical (unpaired) electrons. The van der Waals surface area contributed by atoms with Crippen molar-refractivity contribution in [2.24, 2.45) is 11.8 Å². The molecule has 0 spiro atoms. The zero-order valence-corrected chi connectivity index (χ0v) is 34.6. The van der Waals surface area contributed by atoms with Crippen LogP contribution in [0.15, 0.2) is 73.3 Å². The summed E-state index contributed by atoms with van der Waals surface area (Å²) in [4.78, 5) is 29.0. The maximum Gasteiger partial charge on any atom is 0.229 e. The van der Waals surface area contributed by atoms with Crippen LogP contribution in [0.3, 0.4) is 0 Å². The first kappa shape index (κ1) is 38.0. The van der Waals surface area contributed by atoms with Gasteiger partial charge in [0.15, 0.2) is 11.3 Å². The van der Waals surface area contributed by atoms with Crippen molar-refractivity contribution < 1.29 is 0 Å². The second kappa shape index (κ2) is 16.8. The predicted molar refractivity (Wildman–Crippen MR) is 235 cm³/mol. The summed E-state index contributed by atoms with van der Waals surface area (Å²) in [5, 5.41) is 18.6. The number of rotatable bonds is 10. The van der Waals surface area contributed by atoms with Crippen molar-refractivity contribution in [1.82, 2.24) is 54.2 Å². The van der Waals surface area contributed by atoms with E-state index in [4.69, 9.17) is 20.2 Å². The number of hydrogen-bond acceptors (Lipinski definition) is 12. The summed E-state index contributed by atoms with van der Waals surface area (Å²) in [7, 11) is 4.39. The summed E-state index contributed by atoms with van der Waals surface area (Å²) in [5.41, 5.74) is 6.44. The molecule has 2 saturated carbocycles. The molecule has 4 fully saturated rings. The number of nitrogens with zero attached hydrogens (tertiary/aromatic N) is 12. The van der Waals surface area contributed by atoms with Gasteiger partial charge in [0.05, 0.1) is 35.2 Å². The van der Waals surface area contributed by atoms with E-state index in [-0.39, 0.29) is 0 Å². The van der Waals surface area contributed by atoms with Gasteiger partial charge in [-0.15, -0.1) is 0 Å². The predicted octanol–water partition coefficient (Wildman–Crippen LogP) is 7.12. The number of fused-ring (bicyclic) bond motifs is 2. The van der Waals surface area contributed by atoms with Crippen molar-refractivity contribution in [3.63, 3.8) is 0 Å². The minimum Gasteiger partial charge on any atom is -0.369 e. The van der Waals surface area contributed by atoms with Crippen LogP contribution >= 0.6 is 0 Å². The van der Waals surface area contributed by atoms with Crippen molar-refractivity contribution >= 4 is 51.0 Å². The average Bonchev–Trinajstić information content (AvgIpc) is 3.90. The van der Waals surface area contributed by atoms with Crippen LogP contribution < -0.4 is 15.5 Å². The van der Waals surface area contributed by atoms with Gasteiger partial charge in [0, 0.05) is 88.4 Å². The molecule has 2 saturated heterocycles. The molecule has 2 aliphatic carbocycles. The van der Waals surface area contributed by atoms with E-state index in [0.29, 0.717) is 24.0 Å². The van der Waals surface area contributed by atoms with Crippen LogP contribution in [0.25, 0.3) is 22.1 Å². The van der Waals surface area contributed by atoms with Gasteiger partial charge in [-0.3, -0.25) is 4.90 Å². The Hall–Kier alpha value is -5.18. The number of anilines is 5. The van der Waals surface area contributed by atoms with E-state index in [1.807, 2.05) is 24.8 Å². The highest BCUT2D eigenvalue weighted by Gasteiger charge is 2.33. The first-order valence-electron chi connectivity index (χ1n) is 22.0. The Morgan fingerprint density at radius 1 is 0.525 bits per heavy atom. The molecule has 0 bridgehead atoms. The molecule has 14 heteroatoms. The van der Waals surface area contributed by atoms with Crippen molar-refractivity contribution in [3.8, 4) is 0 Å². The zero-order chi connectivity index (χ0) is 39.7. The minimum atomic E-state index is 0.364. The number of piperazine rings is 2. The largest absolute Gasteiger partial charge is 0.369 e. The Balaban J connectivity index is 0.720. The molecule has 0 amide bonds. The van der Waals surface area contributed by atoms with Gasteiger partial charge in [-0.05, 0) is 119 Å². The topological polar surface area (TPSA) is 124 Å².